The Labute approximate surface area is 230 Å². The number of benzene rings is 3. The van der Waals surface area contributed by atoms with Gasteiger partial charge in [0.2, 0.25) is 5.95 Å². The molecule has 0 atom stereocenters. The maximum Gasteiger partial charge on any atom is 0.335 e. The summed E-state index contributed by atoms with van der Waals surface area (Å²) in [5.41, 5.74) is 4.21. The topological polar surface area (TPSA) is 131 Å². The van der Waals surface area contributed by atoms with Gasteiger partial charge in [0.25, 0.3) is 5.91 Å². The molecule has 3 N–H and O–H groups in total. The summed E-state index contributed by atoms with van der Waals surface area (Å²) < 4.78 is 7.42. The summed E-state index contributed by atoms with van der Waals surface area (Å²) in [6.07, 6.45) is 3.56. The first-order valence-electron chi connectivity index (χ1n) is 12.7. The van der Waals surface area contributed by atoms with Crippen molar-refractivity contribution in [1.29, 1.82) is 0 Å². The van der Waals surface area contributed by atoms with Crippen molar-refractivity contribution in [2.45, 2.75) is 20.4 Å². The molecule has 5 aromatic rings. The lowest BCUT2D eigenvalue weighted by molar-refractivity contribution is 0.0696. The predicted octanol–water partition coefficient (Wildman–Crippen LogP) is 5.85. The van der Waals surface area contributed by atoms with E-state index < -0.39 is 11.9 Å². The Kier molecular flexibility index (Phi) is 7.41. The number of carbonyl (C=O) groups excluding carboxylic acids is 1. The average Bonchev–Trinajstić information content (AvgIpc) is 3.40. The second-order valence-electron chi connectivity index (χ2n) is 9.61. The van der Waals surface area contributed by atoms with E-state index in [0.29, 0.717) is 34.6 Å². The number of para-hydroxylation sites is 1. The Morgan fingerprint density at radius 3 is 2.52 bits per heavy atom. The van der Waals surface area contributed by atoms with Crippen LogP contribution in [0.25, 0.3) is 22.2 Å². The Balaban J connectivity index is 1.42. The van der Waals surface area contributed by atoms with Crippen LogP contribution in [-0.2, 0) is 6.54 Å². The quantitative estimate of drug-likeness (QED) is 0.214. The fourth-order valence-electron chi connectivity index (χ4n) is 4.35. The molecule has 0 aliphatic rings. The molecule has 2 aromatic heterocycles. The minimum Gasteiger partial charge on any atom is -0.495 e. The van der Waals surface area contributed by atoms with Crippen molar-refractivity contribution in [2.75, 3.05) is 17.7 Å². The third-order valence-electron chi connectivity index (χ3n) is 6.24. The molecule has 10 heteroatoms. The molecule has 0 aliphatic heterocycles. The molecule has 1 amide bonds. The number of carboxylic acids is 1. The van der Waals surface area contributed by atoms with E-state index >= 15 is 0 Å². The van der Waals surface area contributed by atoms with Crippen LogP contribution in [0.2, 0.25) is 0 Å². The zero-order chi connectivity index (χ0) is 28.2. The van der Waals surface area contributed by atoms with Crippen LogP contribution in [-0.4, -0.2) is 43.8 Å². The molecular formula is C30H28N6O4. The van der Waals surface area contributed by atoms with E-state index in [1.54, 1.807) is 30.6 Å². The molecule has 0 spiro atoms. The highest BCUT2D eigenvalue weighted by molar-refractivity contribution is 6.05. The molecule has 0 bridgehead atoms. The smallest absolute Gasteiger partial charge is 0.335 e. The monoisotopic (exact) mass is 536 g/mol. The van der Waals surface area contributed by atoms with E-state index in [-0.39, 0.29) is 5.56 Å². The number of nitrogens with zero attached hydrogens (tertiary/aromatic N) is 4. The number of hydrogen-bond acceptors (Lipinski definition) is 7. The SMILES string of the molecule is COc1ccc(Nc2ncc3cccc(-c4ccnn4CC(C)C)c3n2)cc1NC(=O)c1ccc(C(=O)O)cc1. The third-order valence-corrected chi connectivity index (χ3v) is 6.24. The van der Waals surface area contributed by atoms with Crippen LogP contribution in [0, 0.1) is 5.92 Å². The third kappa shape index (κ3) is 5.60. The largest absolute Gasteiger partial charge is 0.495 e. The predicted molar refractivity (Wildman–Crippen MR) is 153 cm³/mol. The van der Waals surface area contributed by atoms with Gasteiger partial charge in [-0.1, -0.05) is 32.0 Å². The van der Waals surface area contributed by atoms with Crippen molar-refractivity contribution in [2.24, 2.45) is 5.92 Å². The average molecular weight is 537 g/mol. The number of rotatable bonds is 9. The van der Waals surface area contributed by atoms with E-state index in [1.165, 1.54) is 31.4 Å². The number of carboxylic acid groups (broad SMARTS) is 1. The van der Waals surface area contributed by atoms with E-state index in [1.807, 2.05) is 28.9 Å². The fraction of sp³-hybridized carbons (Fsp3) is 0.167. The molecule has 0 aliphatic carbocycles. The van der Waals surface area contributed by atoms with Crippen LogP contribution in [0.3, 0.4) is 0 Å². The number of aromatic nitrogens is 4. The molecule has 0 unspecified atom stereocenters. The van der Waals surface area contributed by atoms with Crippen LogP contribution in [0.1, 0.15) is 34.6 Å². The number of amides is 1. The number of aromatic carboxylic acids is 1. The first-order chi connectivity index (χ1) is 19.3. The summed E-state index contributed by atoms with van der Waals surface area (Å²) >= 11 is 0. The van der Waals surface area contributed by atoms with Crippen LogP contribution >= 0.6 is 0 Å². The maximum absolute atomic E-state index is 12.9. The Bertz CT molecular complexity index is 1690. The standard InChI is InChI=1S/C30H28N6O4/c1-18(2)17-36-25(13-14-32-36)23-6-4-5-21-16-31-30(35-27(21)23)33-22-11-12-26(40-3)24(15-22)34-28(37)19-7-9-20(10-8-19)29(38)39/h4-16,18H,17H2,1-3H3,(H,34,37)(H,38,39)(H,31,33,35). The highest BCUT2D eigenvalue weighted by Crippen LogP contribution is 2.31. The van der Waals surface area contributed by atoms with Gasteiger partial charge in [-0.3, -0.25) is 9.48 Å². The van der Waals surface area contributed by atoms with E-state index in [0.717, 1.165) is 28.7 Å². The van der Waals surface area contributed by atoms with Gasteiger partial charge in [-0.15, -0.1) is 0 Å². The van der Waals surface area contributed by atoms with Gasteiger partial charge in [-0.25, -0.2) is 14.8 Å². The van der Waals surface area contributed by atoms with Crippen molar-refractivity contribution in [3.63, 3.8) is 0 Å². The van der Waals surface area contributed by atoms with Crippen molar-refractivity contribution in [3.05, 3.63) is 90.3 Å². The summed E-state index contributed by atoms with van der Waals surface area (Å²) in [6, 6.07) is 18.9. The van der Waals surface area contributed by atoms with Gasteiger partial charge in [0, 0.05) is 41.1 Å². The second kappa shape index (κ2) is 11.2. The maximum atomic E-state index is 12.9. The first kappa shape index (κ1) is 26.4. The molecule has 0 saturated heterocycles. The summed E-state index contributed by atoms with van der Waals surface area (Å²) in [5.74, 6) is -0.175. The minimum absolute atomic E-state index is 0.100. The van der Waals surface area contributed by atoms with Crippen LogP contribution in [0.15, 0.2) is 79.1 Å². The van der Waals surface area contributed by atoms with Gasteiger partial charge in [-0.2, -0.15) is 5.10 Å². The van der Waals surface area contributed by atoms with Crippen LogP contribution < -0.4 is 15.4 Å². The number of anilines is 3. The molecule has 0 fully saturated rings. The molecule has 5 rings (SSSR count). The molecule has 10 nitrogen and oxygen atoms in total. The van der Waals surface area contributed by atoms with Gasteiger partial charge in [0.15, 0.2) is 0 Å². The van der Waals surface area contributed by atoms with Crippen LogP contribution in [0.4, 0.5) is 17.3 Å². The lowest BCUT2D eigenvalue weighted by Gasteiger charge is -2.14. The lowest BCUT2D eigenvalue weighted by atomic mass is 10.1. The lowest BCUT2D eigenvalue weighted by Crippen LogP contribution is -2.13. The second-order valence-corrected chi connectivity index (χ2v) is 9.61. The van der Waals surface area contributed by atoms with E-state index in [9.17, 15) is 9.59 Å². The van der Waals surface area contributed by atoms with Crippen molar-refractivity contribution < 1.29 is 19.4 Å². The Morgan fingerprint density at radius 2 is 1.80 bits per heavy atom. The number of carbonyl (C=O) groups is 2. The minimum atomic E-state index is -1.06. The molecule has 0 saturated carbocycles. The van der Waals surface area contributed by atoms with Crippen molar-refractivity contribution in [3.8, 4) is 17.0 Å². The van der Waals surface area contributed by atoms with Crippen molar-refractivity contribution in [1.82, 2.24) is 19.7 Å². The highest BCUT2D eigenvalue weighted by Gasteiger charge is 2.15. The summed E-state index contributed by atoms with van der Waals surface area (Å²) in [4.78, 5) is 33.3. The number of methoxy groups -OCH3 is 1. The molecular weight excluding hydrogens is 508 g/mol. The summed E-state index contributed by atoms with van der Waals surface area (Å²) in [7, 11) is 1.51. The van der Waals surface area contributed by atoms with Crippen molar-refractivity contribution >= 4 is 40.1 Å². The first-order valence-corrected chi connectivity index (χ1v) is 12.7. The number of ether oxygens (including phenoxy) is 1. The molecule has 3 aromatic carbocycles. The molecule has 0 radical (unpaired) electrons. The van der Waals surface area contributed by atoms with E-state index in [4.69, 9.17) is 14.8 Å². The number of nitrogens with one attached hydrogen (secondary N) is 2. The van der Waals surface area contributed by atoms with Gasteiger partial charge in [-0.05, 0) is 54.4 Å². The van der Waals surface area contributed by atoms with Crippen LogP contribution in [0.5, 0.6) is 5.75 Å². The van der Waals surface area contributed by atoms with Gasteiger partial charge >= 0.3 is 5.97 Å². The summed E-state index contributed by atoms with van der Waals surface area (Å²) in [5, 5.41) is 20.5. The molecule has 2 heterocycles. The normalized spacial score (nSPS) is 11.0. The van der Waals surface area contributed by atoms with Gasteiger partial charge in [0.05, 0.1) is 29.6 Å². The Hall–Kier alpha value is -5.25. The zero-order valence-electron chi connectivity index (χ0n) is 22.3. The van der Waals surface area contributed by atoms with Gasteiger partial charge < -0.3 is 20.5 Å². The molecule has 202 valence electrons. The summed E-state index contributed by atoms with van der Waals surface area (Å²) in [6.45, 7) is 5.09. The zero-order valence-corrected chi connectivity index (χ0v) is 22.3. The Morgan fingerprint density at radius 1 is 1.02 bits per heavy atom. The van der Waals surface area contributed by atoms with Gasteiger partial charge in [0.1, 0.15) is 5.75 Å². The number of fused-ring (bicyclic) bond motifs is 1. The molecule has 40 heavy (non-hydrogen) atoms. The number of hydrogen-bond donors (Lipinski definition) is 3. The highest BCUT2D eigenvalue weighted by atomic mass is 16.5. The van der Waals surface area contributed by atoms with E-state index in [2.05, 4.69) is 34.6 Å². The fourth-order valence-corrected chi connectivity index (χ4v) is 4.35.